The first kappa shape index (κ1) is 6.91. The Bertz CT molecular complexity index is 367. The predicted molar refractivity (Wildman–Crippen MR) is 46.4 cm³/mol. The second kappa shape index (κ2) is 2.70. The zero-order chi connectivity index (χ0) is 8.39. The van der Waals surface area contributed by atoms with Crippen molar-refractivity contribution in [3.05, 3.63) is 36.5 Å². The molecule has 0 spiro atoms. The number of anilines is 1. The van der Waals surface area contributed by atoms with Crippen LogP contribution in [0.5, 0.6) is 0 Å². The lowest BCUT2D eigenvalue weighted by Crippen LogP contribution is -1.83. The molecule has 2 rings (SSSR count). The molecule has 3 heteroatoms. The molecule has 12 heavy (non-hydrogen) atoms. The van der Waals surface area contributed by atoms with Gasteiger partial charge in [-0.1, -0.05) is 35.5 Å². The van der Waals surface area contributed by atoms with Gasteiger partial charge < -0.3 is 10.3 Å². The molecule has 0 saturated carbocycles. The molecule has 0 atom stereocenters. The fourth-order valence-corrected chi connectivity index (χ4v) is 1.06. The van der Waals surface area contributed by atoms with Crippen LogP contribution in [0.2, 0.25) is 0 Å². The van der Waals surface area contributed by atoms with Gasteiger partial charge in [-0.3, -0.25) is 0 Å². The van der Waals surface area contributed by atoms with Crippen LogP contribution in [0.15, 0.2) is 41.1 Å². The minimum atomic E-state index is 0.571. The van der Waals surface area contributed by atoms with E-state index < -0.39 is 0 Å². The maximum atomic E-state index is 5.62. The van der Waals surface area contributed by atoms with Gasteiger partial charge >= 0.3 is 0 Å². The maximum Gasteiger partial charge on any atom is 0.189 e. The molecule has 60 valence electrons. The van der Waals surface area contributed by atoms with Crippen molar-refractivity contribution >= 4 is 5.69 Å². The van der Waals surface area contributed by atoms with E-state index in [9.17, 15) is 0 Å². The lowest BCUT2D eigenvalue weighted by molar-refractivity contribution is 0.432. The van der Waals surface area contributed by atoms with Gasteiger partial charge in [0.15, 0.2) is 5.76 Å². The summed E-state index contributed by atoms with van der Waals surface area (Å²) in [4.78, 5) is 0. The molecule has 1 aromatic heterocycles. The summed E-state index contributed by atoms with van der Waals surface area (Å²) in [6.45, 7) is 0. The minimum absolute atomic E-state index is 0.571. The van der Waals surface area contributed by atoms with E-state index in [2.05, 4.69) is 5.16 Å². The van der Waals surface area contributed by atoms with Crippen LogP contribution in [0.3, 0.4) is 0 Å². The molecule has 0 amide bonds. The topological polar surface area (TPSA) is 52.0 Å². The van der Waals surface area contributed by atoms with Crippen LogP contribution in [-0.2, 0) is 0 Å². The van der Waals surface area contributed by atoms with Crippen molar-refractivity contribution in [3.63, 3.8) is 0 Å². The summed E-state index contributed by atoms with van der Waals surface area (Å²) in [5, 5.41) is 3.60. The van der Waals surface area contributed by atoms with E-state index in [-0.39, 0.29) is 0 Å². The van der Waals surface area contributed by atoms with E-state index in [4.69, 9.17) is 10.3 Å². The van der Waals surface area contributed by atoms with E-state index in [1.165, 1.54) is 6.20 Å². The summed E-state index contributed by atoms with van der Waals surface area (Å²) in [5.74, 6) is 0.635. The second-order valence-electron chi connectivity index (χ2n) is 2.48. The quantitative estimate of drug-likeness (QED) is 0.693. The van der Waals surface area contributed by atoms with E-state index in [1.54, 1.807) is 0 Å². The van der Waals surface area contributed by atoms with Crippen molar-refractivity contribution in [2.24, 2.45) is 0 Å². The van der Waals surface area contributed by atoms with E-state index in [1.807, 2.05) is 30.3 Å². The predicted octanol–water partition coefficient (Wildman–Crippen LogP) is 1.92. The van der Waals surface area contributed by atoms with Crippen LogP contribution >= 0.6 is 0 Å². The maximum absolute atomic E-state index is 5.62. The third kappa shape index (κ3) is 1.05. The molecule has 2 aromatic rings. The molecule has 2 N–H and O–H groups in total. The Balaban J connectivity index is 2.51. The zero-order valence-electron chi connectivity index (χ0n) is 6.40. The molecule has 0 radical (unpaired) electrons. The first-order valence-corrected chi connectivity index (χ1v) is 3.63. The number of aromatic nitrogens is 1. The number of hydrogen-bond acceptors (Lipinski definition) is 3. The number of benzene rings is 1. The summed E-state index contributed by atoms with van der Waals surface area (Å²) in [5.41, 5.74) is 7.14. The average Bonchev–Trinajstić information content (AvgIpc) is 2.53. The van der Waals surface area contributed by atoms with Crippen molar-refractivity contribution in [1.82, 2.24) is 5.16 Å². The van der Waals surface area contributed by atoms with Gasteiger partial charge in [-0.15, -0.1) is 0 Å². The summed E-state index contributed by atoms with van der Waals surface area (Å²) < 4.78 is 4.98. The Labute approximate surface area is 69.8 Å². The average molecular weight is 160 g/mol. The van der Waals surface area contributed by atoms with Gasteiger partial charge in [0.1, 0.15) is 5.69 Å². The van der Waals surface area contributed by atoms with Crippen LogP contribution in [0.1, 0.15) is 0 Å². The third-order valence-corrected chi connectivity index (χ3v) is 1.63. The van der Waals surface area contributed by atoms with Crippen LogP contribution < -0.4 is 5.73 Å². The Morgan fingerprint density at radius 2 is 1.92 bits per heavy atom. The standard InChI is InChI=1S/C9H8N2O/c10-8-6-11-12-9(8)7-4-2-1-3-5-7/h1-6H,10H2. The fourth-order valence-electron chi connectivity index (χ4n) is 1.06. The van der Waals surface area contributed by atoms with Crippen LogP contribution in [-0.4, -0.2) is 5.16 Å². The van der Waals surface area contributed by atoms with Crippen molar-refractivity contribution < 1.29 is 4.52 Å². The van der Waals surface area contributed by atoms with Crippen LogP contribution in [0.4, 0.5) is 5.69 Å². The highest BCUT2D eigenvalue weighted by atomic mass is 16.5. The highest BCUT2D eigenvalue weighted by Crippen LogP contribution is 2.24. The molecule has 0 fully saturated rings. The largest absolute Gasteiger partial charge is 0.394 e. The molecule has 0 saturated heterocycles. The summed E-state index contributed by atoms with van der Waals surface area (Å²) in [6, 6.07) is 9.65. The molecule has 1 aromatic carbocycles. The molecule has 0 aliphatic carbocycles. The molecule has 0 aliphatic heterocycles. The Morgan fingerprint density at radius 3 is 2.50 bits per heavy atom. The van der Waals surface area contributed by atoms with Gasteiger partial charge in [0.05, 0.1) is 6.20 Å². The Kier molecular flexibility index (Phi) is 1.55. The minimum Gasteiger partial charge on any atom is -0.394 e. The summed E-state index contributed by atoms with van der Waals surface area (Å²) >= 11 is 0. The molecule has 3 nitrogen and oxygen atoms in total. The van der Waals surface area contributed by atoms with Gasteiger partial charge in [0, 0.05) is 5.56 Å². The first-order chi connectivity index (χ1) is 5.88. The normalized spacial score (nSPS) is 10.0. The molecule has 0 unspecified atom stereocenters. The molecular formula is C9H8N2O. The highest BCUT2D eigenvalue weighted by molar-refractivity contribution is 5.69. The highest BCUT2D eigenvalue weighted by Gasteiger charge is 2.05. The van der Waals surface area contributed by atoms with Crippen molar-refractivity contribution in [3.8, 4) is 11.3 Å². The number of nitrogens with zero attached hydrogens (tertiary/aromatic N) is 1. The number of nitrogen functional groups attached to an aromatic ring is 1. The van der Waals surface area contributed by atoms with Gasteiger partial charge in [0.25, 0.3) is 0 Å². The van der Waals surface area contributed by atoms with Gasteiger partial charge in [-0.05, 0) is 0 Å². The third-order valence-electron chi connectivity index (χ3n) is 1.63. The first-order valence-electron chi connectivity index (χ1n) is 3.63. The Morgan fingerprint density at radius 1 is 1.17 bits per heavy atom. The van der Waals surface area contributed by atoms with Crippen LogP contribution in [0, 0.1) is 0 Å². The van der Waals surface area contributed by atoms with Crippen molar-refractivity contribution in [2.45, 2.75) is 0 Å². The van der Waals surface area contributed by atoms with E-state index >= 15 is 0 Å². The molecular weight excluding hydrogens is 152 g/mol. The summed E-state index contributed by atoms with van der Waals surface area (Å²) in [7, 11) is 0. The Hall–Kier alpha value is -1.77. The summed E-state index contributed by atoms with van der Waals surface area (Å²) in [6.07, 6.45) is 1.50. The number of hydrogen-bond donors (Lipinski definition) is 1. The number of nitrogens with two attached hydrogens (primary N) is 1. The SMILES string of the molecule is Nc1cnoc1-c1ccccc1. The van der Waals surface area contributed by atoms with Crippen LogP contribution in [0.25, 0.3) is 11.3 Å². The van der Waals surface area contributed by atoms with E-state index in [0.717, 1.165) is 5.56 Å². The monoisotopic (exact) mass is 160 g/mol. The van der Waals surface area contributed by atoms with Gasteiger partial charge in [-0.25, -0.2) is 0 Å². The number of rotatable bonds is 1. The lowest BCUT2D eigenvalue weighted by Gasteiger charge is -1.94. The van der Waals surface area contributed by atoms with Gasteiger partial charge in [-0.2, -0.15) is 0 Å². The van der Waals surface area contributed by atoms with Crippen molar-refractivity contribution in [1.29, 1.82) is 0 Å². The smallest absolute Gasteiger partial charge is 0.189 e. The fraction of sp³-hybridized carbons (Fsp3) is 0. The van der Waals surface area contributed by atoms with Gasteiger partial charge in [0.2, 0.25) is 0 Å². The second-order valence-corrected chi connectivity index (χ2v) is 2.48. The molecule has 0 bridgehead atoms. The zero-order valence-corrected chi connectivity index (χ0v) is 6.40. The van der Waals surface area contributed by atoms with Crippen molar-refractivity contribution in [2.75, 3.05) is 5.73 Å². The molecule has 1 heterocycles. The molecule has 0 aliphatic rings. The lowest BCUT2D eigenvalue weighted by atomic mass is 10.1. The van der Waals surface area contributed by atoms with E-state index in [0.29, 0.717) is 11.4 Å².